The summed E-state index contributed by atoms with van der Waals surface area (Å²) in [7, 11) is 0. The number of halogens is 2. The van der Waals surface area contributed by atoms with E-state index in [-0.39, 0.29) is 42.0 Å². The average Bonchev–Trinajstić information content (AvgIpc) is 2.65. The fourth-order valence-electron chi connectivity index (χ4n) is 3.97. The fraction of sp³-hybridized carbons (Fsp3) is 0.625. The minimum absolute atomic E-state index is 0.0647. The first-order chi connectivity index (χ1) is 15.6. The topological polar surface area (TPSA) is 105 Å². The number of morpholine rings is 1. The minimum atomic E-state index is -2.88. The Hall–Kier alpha value is -2.59. The summed E-state index contributed by atoms with van der Waals surface area (Å²) in [6, 6.07) is 2.63. The van der Waals surface area contributed by atoms with Crippen LogP contribution in [0.4, 0.5) is 20.2 Å². The molecule has 0 aliphatic carbocycles. The third-order valence-corrected chi connectivity index (χ3v) is 5.04. The van der Waals surface area contributed by atoms with Crippen LogP contribution < -0.4 is 16.0 Å². The molecule has 1 heterocycles. The summed E-state index contributed by atoms with van der Waals surface area (Å²) in [5, 5.41) is 2.57. The highest BCUT2D eigenvalue weighted by Gasteiger charge is 2.36. The zero-order chi connectivity index (χ0) is 25.8. The van der Waals surface area contributed by atoms with Gasteiger partial charge in [0.2, 0.25) is 5.91 Å². The van der Waals surface area contributed by atoms with Gasteiger partial charge < -0.3 is 20.7 Å². The number of carbonyl (C=O) groups excluding carboxylic acids is 3. The number of primary amides is 1. The highest BCUT2D eigenvalue weighted by atomic mass is 19.3. The second-order valence-corrected chi connectivity index (χ2v) is 11.0. The molecule has 0 saturated carbocycles. The molecular weight excluding hydrogens is 446 g/mol. The van der Waals surface area contributed by atoms with Gasteiger partial charge in [-0.25, -0.2) is 8.78 Å². The number of nitrogens with one attached hydrogen (secondary N) is 1. The molecular formula is C24H36F2N4O4. The zero-order valence-corrected chi connectivity index (χ0v) is 20.8. The van der Waals surface area contributed by atoms with Crippen molar-refractivity contribution in [2.24, 2.45) is 16.6 Å². The molecule has 1 fully saturated rings. The summed E-state index contributed by atoms with van der Waals surface area (Å²) in [6.07, 6.45) is -2.88. The maximum atomic E-state index is 13.8. The van der Waals surface area contributed by atoms with Crippen LogP contribution in [0.3, 0.4) is 0 Å². The quantitative estimate of drug-likeness (QED) is 0.554. The van der Waals surface area contributed by atoms with Crippen molar-refractivity contribution in [2.75, 3.05) is 43.1 Å². The molecule has 1 aliphatic heterocycles. The number of nitrogens with two attached hydrogens (primary N) is 1. The predicted octanol–water partition coefficient (Wildman–Crippen LogP) is 3.17. The summed E-state index contributed by atoms with van der Waals surface area (Å²) in [5.41, 5.74) is 4.92. The van der Waals surface area contributed by atoms with Gasteiger partial charge in [0.25, 0.3) is 18.2 Å². The maximum Gasteiger partial charge on any atom is 0.265 e. The highest BCUT2D eigenvalue weighted by Crippen LogP contribution is 2.33. The van der Waals surface area contributed by atoms with E-state index in [9.17, 15) is 23.2 Å². The van der Waals surface area contributed by atoms with Crippen LogP contribution in [0.25, 0.3) is 0 Å². The molecule has 0 radical (unpaired) electrons. The van der Waals surface area contributed by atoms with E-state index in [2.05, 4.69) is 5.32 Å². The average molecular weight is 483 g/mol. The van der Waals surface area contributed by atoms with Gasteiger partial charge in [0.1, 0.15) is 6.61 Å². The first-order valence-electron chi connectivity index (χ1n) is 11.2. The van der Waals surface area contributed by atoms with Gasteiger partial charge in [0.05, 0.1) is 12.3 Å². The summed E-state index contributed by atoms with van der Waals surface area (Å²) >= 11 is 0. The van der Waals surface area contributed by atoms with E-state index in [1.807, 2.05) is 41.5 Å². The number of amides is 3. The maximum absolute atomic E-state index is 13.8. The summed E-state index contributed by atoms with van der Waals surface area (Å²) in [4.78, 5) is 40.6. The number of hydrogen-bond donors (Lipinski definition) is 2. The van der Waals surface area contributed by atoms with Gasteiger partial charge in [0, 0.05) is 30.9 Å². The molecule has 1 aliphatic rings. The Morgan fingerprint density at radius 3 is 2.21 bits per heavy atom. The number of carbonyl (C=O) groups is 3. The molecule has 10 heteroatoms. The van der Waals surface area contributed by atoms with E-state index in [0.29, 0.717) is 13.1 Å². The third kappa shape index (κ3) is 7.73. The monoisotopic (exact) mass is 482 g/mol. The Morgan fingerprint density at radius 2 is 1.74 bits per heavy atom. The van der Waals surface area contributed by atoms with Gasteiger partial charge in [-0.2, -0.15) is 0 Å². The number of nitrogens with zero attached hydrogens (tertiary/aromatic N) is 2. The molecule has 2 rings (SSSR count). The Balaban J connectivity index is 2.35. The van der Waals surface area contributed by atoms with Crippen molar-refractivity contribution in [3.8, 4) is 0 Å². The lowest BCUT2D eigenvalue weighted by Gasteiger charge is -2.38. The summed E-state index contributed by atoms with van der Waals surface area (Å²) in [6.45, 7) is 13.0. The SMILES string of the molecule is CC(C)(C)CN(CC(C)(C)C)[C@H](C(N)=O)C(=O)Nc1ccc(N2CCOCC2=O)c(C(F)F)c1. The number of anilines is 2. The van der Waals surface area contributed by atoms with Crippen LogP contribution in [0.15, 0.2) is 18.2 Å². The largest absolute Gasteiger partial charge is 0.370 e. The Kier molecular flexibility index (Phi) is 8.76. The van der Waals surface area contributed by atoms with Crippen molar-refractivity contribution >= 4 is 29.1 Å². The van der Waals surface area contributed by atoms with Crippen LogP contribution in [0.5, 0.6) is 0 Å². The van der Waals surface area contributed by atoms with Crippen LogP contribution in [-0.4, -0.2) is 61.5 Å². The molecule has 0 spiro atoms. The van der Waals surface area contributed by atoms with Gasteiger partial charge in [-0.15, -0.1) is 0 Å². The molecule has 34 heavy (non-hydrogen) atoms. The first kappa shape index (κ1) is 27.7. The molecule has 1 atom stereocenters. The molecule has 0 bridgehead atoms. The molecule has 1 aromatic carbocycles. The van der Waals surface area contributed by atoms with Crippen LogP contribution >= 0.6 is 0 Å². The summed E-state index contributed by atoms with van der Waals surface area (Å²) in [5.74, 6) is -1.94. The molecule has 0 aromatic heterocycles. The van der Waals surface area contributed by atoms with Crippen LogP contribution in [-0.2, 0) is 19.1 Å². The Morgan fingerprint density at radius 1 is 1.15 bits per heavy atom. The van der Waals surface area contributed by atoms with Crippen molar-refractivity contribution in [3.05, 3.63) is 23.8 Å². The summed E-state index contributed by atoms with van der Waals surface area (Å²) < 4.78 is 32.8. The second kappa shape index (κ2) is 10.8. The first-order valence-corrected chi connectivity index (χ1v) is 11.2. The van der Waals surface area contributed by atoms with E-state index in [0.717, 1.165) is 6.07 Å². The lowest BCUT2D eigenvalue weighted by Crippen LogP contribution is -2.56. The standard InChI is InChI=1S/C24H36F2N4O4/c1-23(2,3)13-29(14-24(4,5)6)19(21(27)32)22(33)28-15-7-8-17(16(11-15)20(25)26)30-9-10-34-12-18(30)31/h7-8,11,19-20H,9-10,12-14H2,1-6H3,(H2,27,32)(H,28,33)/t19-/m1/s1. The number of rotatable bonds is 8. The number of ether oxygens (including phenoxy) is 1. The van der Waals surface area contributed by atoms with E-state index in [1.165, 1.54) is 17.0 Å². The van der Waals surface area contributed by atoms with Crippen LogP contribution in [0, 0.1) is 10.8 Å². The van der Waals surface area contributed by atoms with Crippen molar-refractivity contribution in [3.63, 3.8) is 0 Å². The minimum Gasteiger partial charge on any atom is -0.370 e. The third-order valence-electron chi connectivity index (χ3n) is 5.04. The fourth-order valence-corrected chi connectivity index (χ4v) is 3.97. The van der Waals surface area contributed by atoms with E-state index in [4.69, 9.17) is 10.5 Å². The normalized spacial score (nSPS) is 16.2. The lowest BCUT2D eigenvalue weighted by atomic mass is 9.90. The molecule has 8 nitrogen and oxygen atoms in total. The number of alkyl halides is 2. The van der Waals surface area contributed by atoms with Crippen LogP contribution in [0.1, 0.15) is 53.5 Å². The van der Waals surface area contributed by atoms with Gasteiger partial charge in [0.15, 0.2) is 6.04 Å². The Bertz CT molecular complexity index is 893. The van der Waals surface area contributed by atoms with Gasteiger partial charge >= 0.3 is 0 Å². The smallest absolute Gasteiger partial charge is 0.265 e. The molecule has 3 N–H and O–H groups in total. The van der Waals surface area contributed by atoms with Crippen molar-refractivity contribution in [2.45, 2.75) is 54.0 Å². The van der Waals surface area contributed by atoms with Gasteiger partial charge in [-0.1, -0.05) is 41.5 Å². The van der Waals surface area contributed by atoms with E-state index >= 15 is 0 Å². The number of benzene rings is 1. The van der Waals surface area contributed by atoms with Crippen molar-refractivity contribution in [1.29, 1.82) is 0 Å². The number of hydrogen-bond acceptors (Lipinski definition) is 5. The van der Waals surface area contributed by atoms with Crippen LogP contribution in [0.2, 0.25) is 0 Å². The van der Waals surface area contributed by atoms with Crippen molar-refractivity contribution < 1.29 is 27.9 Å². The molecule has 3 amide bonds. The molecule has 1 aromatic rings. The van der Waals surface area contributed by atoms with Crippen molar-refractivity contribution in [1.82, 2.24) is 4.90 Å². The lowest BCUT2D eigenvalue weighted by molar-refractivity contribution is -0.133. The Labute approximate surface area is 199 Å². The van der Waals surface area contributed by atoms with Gasteiger partial charge in [-0.3, -0.25) is 19.3 Å². The van der Waals surface area contributed by atoms with E-state index < -0.39 is 35.8 Å². The predicted molar refractivity (Wildman–Crippen MR) is 127 cm³/mol. The molecule has 190 valence electrons. The second-order valence-electron chi connectivity index (χ2n) is 11.0. The highest BCUT2D eigenvalue weighted by molar-refractivity contribution is 6.09. The van der Waals surface area contributed by atoms with Gasteiger partial charge in [-0.05, 0) is 29.0 Å². The molecule has 1 saturated heterocycles. The zero-order valence-electron chi connectivity index (χ0n) is 20.8. The van der Waals surface area contributed by atoms with E-state index in [1.54, 1.807) is 4.90 Å². The molecule has 0 unspecified atom stereocenters.